The maximum Gasteiger partial charge on any atom is 1.00 e. The molecule has 17 heavy (non-hydrogen) atoms. The van der Waals surface area contributed by atoms with Crippen LogP contribution in [0.1, 0.15) is 5.56 Å². The SMILES string of the molecule is O=c1cc(C(F)(F)F)cnn1C[B-](F)(F)F.[K+]. The molecule has 11 heteroatoms. The Morgan fingerprint density at radius 2 is 1.82 bits per heavy atom. The Labute approximate surface area is 134 Å². The van der Waals surface area contributed by atoms with E-state index in [2.05, 4.69) is 5.10 Å². The van der Waals surface area contributed by atoms with Gasteiger partial charge in [-0.05, 0) is 0 Å². The van der Waals surface area contributed by atoms with Crippen molar-refractivity contribution in [2.75, 3.05) is 0 Å². The van der Waals surface area contributed by atoms with E-state index in [0.29, 0.717) is 0 Å². The molecule has 1 aromatic rings. The summed E-state index contributed by atoms with van der Waals surface area (Å²) >= 11 is 0. The molecule has 0 unspecified atom stereocenters. The number of halogens is 6. The molecule has 0 aliphatic heterocycles. The van der Waals surface area contributed by atoms with E-state index in [0.717, 1.165) is 0 Å². The van der Waals surface area contributed by atoms with E-state index >= 15 is 0 Å². The molecule has 0 bridgehead atoms. The second-order valence-electron chi connectivity index (χ2n) is 2.97. The number of hydrogen-bond donors (Lipinski definition) is 0. The molecule has 1 rings (SSSR count). The molecule has 90 valence electrons. The Kier molecular flexibility index (Phi) is 5.92. The second-order valence-corrected chi connectivity index (χ2v) is 2.97. The molecular formula is C6H4BF6KN2O. The Morgan fingerprint density at radius 1 is 1.29 bits per heavy atom. The third-order valence-electron chi connectivity index (χ3n) is 1.58. The van der Waals surface area contributed by atoms with Crippen molar-refractivity contribution in [2.45, 2.75) is 12.6 Å². The predicted octanol–water partition coefficient (Wildman–Crippen LogP) is -1.35. The van der Waals surface area contributed by atoms with Crippen LogP contribution in [0.2, 0.25) is 0 Å². The van der Waals surface area contributed by atoms with Crippen LogP contribution in [-0.4, -0.2) is 16.8 Å². The van der Waals surface area contributed by atoms with Crippen molar-refractivity contribution in [3.63, 3.8) is 0 Å². The van der Waals surface area contributed by atoms with Crippen LogP contribution in [0.15, 0.2) is 17.1 Å². The van der Waals surface area contributed by atoms with Gasteiger partial charge in [-0.3, -0.25) is 9.48 Å². The van der Waals surface area contributed by atoms with E-state index in [-0.39, 0.29) is 68.3 Å². The van der Waals surface area contributed by atoms with Crippen molar-refractivity contribution in [3.8, 4) is 0 Å². The van der Waals surface area contributed by atoms with Gasteiger partial charge in [0, 0.05) is 12.5 Å². The van der Waals surface area contributed by atoms with Crippen LogP contribution in [-0.2, 0) is 12.6 Å². The van der Waals surface area contributed by atoms with E-state index in [1.54, 1.807) is 0 Å². The van der Waals surface area contributed by atoms with Crippen LogP contribution in [0.25, 0.3) is 0 Å². The second kappa shape index (κ2) is 5.87. The summed E-state index contributed by atoms with van der Waals surface area (Å²) in [5.41, 5.74) is -2.81. The summed E-state index contributed by atoms with van der Waals surface area (Å²) in [6, 6.07) is 0.0782. The van der Waals surface area contributed by atoms with Gasteiger partial charge in [-0.25, -0.2) is 0 Å². The van der Waals surface area contributed by atoms with Crippen LogP contribution < -0.4 is 56.9 Å². The quantitative estimate of drug-likeness (QED) is 0.497. The van der Waals surface area contributed by atoms with Gasteiger partial charge >= 0.3 is 64.5 Å². The summed E-state index contributed by atoms with van der Waals surface area (Å²) in [4.78, 5) is 10.9. The average Bonchev–Trinajstić information content (AvgIpc) is 2.04. The van der Waals surface area contributed by atoms with Crippen LogP contribution in [0.3, 0.4) is 0 Å². The first kappa shape index (κ1) is 17.2. The molecule has 0 N–H and O–H groups in total. The van der Waals surface area contributed by atoms with Gasteiger partial charge < -0.3 is 12.9 Å². The zero-order valence-electron chi connectivity index (χ0n) is 8.51. The zero-order valence-corrected chi connectivity index (χ0v) is 11.6. The molecular weight excluding hydrogens is 280 g/mol. The summed E-state index contributed by atoms with van der Waals surface area (Å²) in [6.45, 7) is -5.32. The van der Waals surface area contributed by atoms with Crippen molar-refractivity contribution in [1.29, 1.82) is 0 Å². The minimum atomic E-state index is -5.32. The van der Waals surface area contributed by atoms with E-state index < -0.39 is 30.7 Å². The summed E-state index contributed by atoms with van der Waals surface area (Å²) in [7, 11) is 0. The first-order valence-electron chi connectivity index (χ1n) is 3.95. The van der Waals surface area contributed by atoms with Crippen LogP contribution in [0.4, 0.5) is 26.1 Å². The largest absolute Gasteiger partial charge is 1.00 e. The first-order valence-corrected chi connectivity index (χ1v) is 3.95. The van der Waals surface area contributed by atoms with Gasteiger partial charge in [0.1, 0.15) is 0 Å². The number of alkyl halides is 3. The van der Waals surface area contributed by atoms with Crippen molar-refractivity contribution in [2.24, 2.45) is 0 Å². The van der Waals surface area contributed by atoms with Crippen molar-refractivity contribution in [1.82, 2.24) is 9.78 Å². The topological polar surface area (TPSA) is 34.9 Å². The van der Waals surface area contributed by atoms with E-state index in [1.165, 1.54) is 0 Å². The van der Waals surface area contributed by atoms with Crippen molar-refractivity contribution >= 4 is 6.98 Å². The molecule has 0 fully saturated rings. The third kappa shape index (κ3) is 5.55. The molecule has 0 aliphatic rings. The Bertz CT molecular complexity index is 441. The summed E-state index contributed by atoms with van der Waals surface area (Å²) in [5.74, 6) is 0. The van der Waals surface area contributed by atoms with Crippen molar-refractivity contribution in [3.05, 3.63) is 28.2 Å². The van der Waals surface area contributed by atoms with Gasteiger partial charge in [0.15, 0.2) is 0 Å². The molecule has 3 nitrogen and oxygen atoms in total. The Hall–Kier alpha value is 0.161. The monoisotopic (exact) mass is 284 g/mol. The normalized spacial score (nSPS) is 12.1. The van der Waals surface area contributed by atoms with Gasteiger partial charge in [0.2, 0.25) is 0 Å². The fourth-order valence-corrected chi connectivity index (χ4v) is 0.922. The molecule has 0 saturated carbocycles. The molecule has 0 spiro atoms. The number of nitrogens with zero attached hydrogens (tertiary/aromatic N) is 2. The summed E-state index contributed by atoms with van der Waals surface area (Å²) in [6.07, 6.45) is -6.27. The molecule has 0 radical (unpaired) electrons. The fraction of sp³-hybridized carbons (Fsp3) is 0.333. The minimum Gasteiger partial charge on any atom is -0.448 e. The van der Waals surface area contributed by atoms with Crippen molar-refractivity contribution < 1.29 is 77.5 Å². The number of aromatic nitrogens is 2. The molecule has 0 atom stereocenters. The van der Waals surface area contributed by atoms with Gasteiger partial charge in [0.25, 0.3) is 5.56 Å². The van der Waals surface area contributed by atoms with Crippen LogP contribution in [0, 0.1) is 0 Å². The van der Waals surface area contributed by atoms with Gasteiger partial charge in [-0.15, -0.1) is 0 Å². The van der Waals surface area contributed by atoms with Gasteiger partial charge in [-0.1, -0.05) is 0 Å². The molecule has 1 aromatic heterocycles. The maximum absolute atomic E-state index is 12.0. The Morgan fingerprint density at radius 3 is 2.18 bits per heavy atom. The number of hydrogen-bond acceptors (Lipinski definition) is 2. The average molecular weight is 284 g/mol. The maximum atomic E-state index is 12.0. The fourth-order valence-electron chi connectivity index (χ4n) is 0.922. The smallest absolute Gasteiger partial charge is 0.448 e. The molecule has 0 saturated heterocycles. The first-order chi connectivity index (χ1) is 7.09. The Balaban J connectivity index is 0.00000256. The van der Waals surface area contributed by atoms with Gasteiger partial charge in [0.05, 0.1) is 11.8 Å². The summed E-state index contributed by atoms with van der Waals surface area (Å²) in [5, 5.41) is 2.81. The van der Waals surface area contributed by atoms with Crippen LogP contribution in [0.5, 0.6) is 0 Å². The van der Waals surface area contributed by atoms with E-state index in [1.807, 2.05) is 0 Å². The molecule has 0 aromatic carbocycles. The zero-order chi connectivity index (χ0) is 12.6. The molecule has 1 heterocycles. The molecule has 0 amide bonds. The molecule has 0 aliphatic carbocycles. The predicted molar refractivity (Wildman–Crippen MR) is 42.6 cm³/mol. The third-order valence-corrected chi connectivity index (χ3v) is 1.58. The standard InChI is InChI=1S/C6H4BF6N2O.K/c8-6(9,10)4-1-5(16)15(14-2-4)3-7(11,12)13;/h1-2H,3H2;/q-1;+1. The van der Waals surface area contributed by atoms with Crippen LogP contribution >= 0.6 is 0 Å². The van der Waals surface area contributed by atoms with E-state index in [4.69, 9.17) is 0 Å². The summed E-state index contributed by atoms with van der Waals surface area (Å²) < 4.78 is 71.7. The van der Waals surface area contributed by atoms with E-state index in [9.17, 15) is 30.9 Å². The van der Waals surface area contributed by atoms with Gasteiger partial charge in [-0.2, -0.15) is 18.3 Å². The minimum absolute atomic E-state index is 0. The number of rotatable bonds is 2.